The van der Waals surface area contributed by atoms with Crippen LogP contribution in [0.5, 0.6) is 0 Å². The van der Waals surface area contributed by atoms with E-state index in [1.165, 1.54) is 0 Å². The zero-order chi connectivity index (χ0) is 11.3. The van der Waals surface area contributed by atoms with Gasteiger partial charge in [-0.25, -0.2) is 9.38 Å². The first-order valence-corrected chi connectivity index (χ1v) is 5.15. The Morgan fingerprint density at radius 3 is 2.81 bits per heavy atom. The fraction of sp³-hybridized carbons (Fsp3) is 0.167. The lowest BCUT2D eigenvalue weighted by molar-refractivity contribution is 1.01. The van der Waals surface area contributed by atoms with Gasteiger partial charge in [0.05, 0.1) is 11.0 Å². The second-order valence-corrected chi connectivity index (χ2v) is 3.94. The molecular weight excluding hydrogens is 202 g/mol. The summed E-state index contributed by atoms with van der Waals surface area (Å²) in [6.07, 6.45) is 0. The predicted molar refractivity (Wildman–Crippen MR) is 62.8 cm³/mol. The fourth-order valence-corrected chi connectivity index (χ4v) is 1.90. The van der Waals surface area contributed by atoms with Crippen LogP contribution in [0.2, 0.25) is 0 Å². The van der Waals surface area contributed by atoms with E-state index in [-0.39, 0.29) is 5.56 Å². The molecule has 0 spiro atoms. The lowest BCUT2D eigenvalue weighted by Crippen LogP contribution is -2.18. The molecule has 0 saturated carbocycles. The van der Waals surface area contributed by atoms with Crippen LogP contribution in [0.1, 0.15) is 11.3 Å². The van der Waals surface area contributed by atoms with Gasteiger partial charge in [-0.15, -0.1) is 0 Å². The maximum absolute atomic E-state index is 12.1. The molecule has 0 bridgehead atoms. The first-order chi connectivity index (χ1) is 7.68. The number of H-pyrrole nitrogens is 1. The largest absolute Gasteiger partial charge is 0.329 e. The average Bonchev–Trinajstić information content (AvgIpc) is 2.64. The number of hydrogen-bond donors (Lipinski definition) is 1. The monoisotopic (exact) mass is 213 g/mol. The van der Waals surface area contributed by atoms with Gasteiger partial charge in [0.2, 0.25) is 5.78 Å². The van der Waals surface area contributed by atoms with Gasteiger partial charge in [0.15, 0.2) is 0 Å². The van der Waals surface area contributed by atoms with Crippen molar-refractivity contribution in [2.75, 3.05) is 0 Å². The van der Waals surface area contributed by atoms with Gasteiger partial charge in [0.1, 0.15) is 0 Å². The SMILES string of the molecule is Cc1[nH]c2nc3ccccc3n2c(=O)c1C. The molecule has 0 aliphatic carbocycles. The molecule has 3 rings (SSSR count). The zero-order valence-electron chi connectivity index (χ0n) is 9.11. The van der Waals surface area contributed by atoms with Gasteiger partial charge in [-0.2, -0.15) is 0 Å². The normalized spacial score (nSPS) is 11.4. The van der Waals surface area contributed by atoms with Crippen molar-refractivity contribution in [2.24, 2.45) is 0 Å². The number of aromatic amines is 1. The highest BCUT2D eigenvalue weighted by Gasteiger charge is 2.09. The minimum Gasteiger partial charge on any atom is -0.329 e. The van der Waals surface area contributed by atoms with Crippen LogP contribution in [0.4, 0.5) is 0 Å². The molecule has 4 nitrogen and oxygen atoms in total. The van der Waals surface area contributed by atoms with Crippen molar-refractivity contribution >= 4 is 16.8 Å². The highest BCUT2D eigenvalue weighted by molar-refractivity contribution is 5.79. The van der Waals surface area contributed by atoms with Crippen LogP contribution in [0, 0.1) is 13.8 Å². The second-order valence-electron chi connectivity index (χ2n) is 3.94. The summed E-state index contributed by atoms with van der Waals surface area (Å²) in [6.45, 7) is 3.71. The summed E-state index contributed by atoms with van der Waals surface area (Å²) in [4.78, 5) is 19.7. The number of hydrogen-bond acceptors (Lipinski definition) is 2. The Balaban J connectivity index is 2.68. The van der Waals surface area contributed by atoms with E-state index in [1.807, 2.05) is 38.1 Å². The molecule has 1 N–H and O–H groups in total. The molecule has 1 aromatic carbocycles. The molecule has 2 aromatic heterocycles. The topological polar surface area (TPSA) is 50.2 Å². The number of benzene rings is 1. The summed E-state index contributed by atoms with van der Waals surface area (Å²) >= 11 is 0. The number of aryl methyl sites for hydroxylation is 1. The standard InChI is InChI=1S/C12H11N3O/c1-7-8(2)13-12-14-9-5-3-4-6-10(9)15(12)11(7)16/h3-6H,1-2H3,(H,13,14). The highest BCUT2D eigenvalue weighted by atomic mass is 16.1. The Kier molecular flexibility index (Phi) is 1.68. The molecule has 16 heavy (non-hydrogen) atoms. The van der Waals surface area contributed by atoms with Crippen molar-refractivity contribution in [3.05, 3.63) is 45.9 Å². The van der Waals surface area contributed by atoms with Gasteiger partial charge < -0.3 is 4.98 Å². The summed E-state index contributed by atoms with van der Waals surface area (Å²) in [5, 5.41) is 0. The van der Waals surface area contributed by atoms with Gasteiger partial charge in [-0.05, 0) is 26.0 Å². The van der Waals surface area contributed by atoms with E-state index in [0.29, 0.717) is 5.78 Å². The second kappa shape index (κ2) is 2.95. The molecular formula is C12H11N3O. The Morgan fingerprint density at radius 1 is 1.25 bits per heavy atom. The van der Waals surface area contributed by atoms with Gasteiger partial charge in [-0.1, -0.05) is 12.1 Å². The van der Waals surface area contributed by atoms with E-state index in [0.717, 1.165) is 22.3 Å². The van der Waals surface area contributed by atoms with Crippen LogP contribution >= 0.6 is 0 Å². The lowest BCUT2D eigenvalue weighted by atomic mass is 10.2. The average molecular weight is 213 g/mol. The van der Waals surface area contributed by atoms with Gasteiger partial charge >= 0.3 is 0 Å². The van der Waals surface area contributed by atoms with Crippen LogP contribution in [0.3, 0.4) is 0 Å². The van der Waals surface area contributed by atoms with E-state index >= 15 is 0 Å². The van der Waals surface area contributed by atoms with Crippen molar-refractivity contribution < 1.29 is 0 Å². The molecule has 3 aromatic rings. The first-order valence-electron chi connectivity index (χ1n) is 5.15. The van der Waals surface area contributed by atoms with E-state index < -0.39 is 0 Å². The summed E-state index contributed by atoms with van der Waals surface area (Å²) in [7, 11) is 0. The summed E-state index contributed by atoms with van der Waals surface area (Å²) in [5.74, 6) is 0.606. The van der Waals surface area contributed by atoms with Gasteiger partial charge in [-0.3, -0.25) is 4.79 Å². The molecule has 80 valence electrons. The van der Waals surface area contributed by atoms with Crippen molar-refractivity contribution in [1.29, 1.82) is 0 Å². The fourth-order valence-electron chi connectivity index (χ4n) is 1.90. The van der Waals surface area contributed by atoms with E-state index in [1.54, 1.807) is 4.40 Å². The van der Waals surface area contributed by atoms with Crippen LogP contribution in [-0.2, 0) is 0 Å². The van der Waals surface area contributed by atoms with Crippen LogP contribution < -0.4 is 5.56 Å². The van der Waals surface area contributed by atoms with Crippen LogP contribution in [-0.4, -0.2) is 14.4 Å². The molecule has 0 saturated heterocycles. The third-order valence-corrected chi connectivity index (χ3v) is 2.95. The maximum Gasteiger partial charge on any atom is 0.262 e. The van der Waals surface area contributed by atoms with Crippen molar-refractivity contribution in [3.63, 3.8) is 0 Å². The quantitative estimate of drug-likeness (QED) is 0.619. The maximum atomic E-state index is 12.1. The van der Waals surface area contributed by atoms with Crippen molar-refractivity contribution in [2.45, 2.75) is 13.8 Å². The molecule has 0 radical (unpaired) electrons. The lowest BCUT2D eigenvalue weighted by Gasteiger charge is -2.00. The summed E-state index contributed by atoms with van der Waals surface area (Å²) in [5.41, 5.74) is 3.28. The van der Waals surface area contributed by atoms with Crippen molar-refractivity contribution in [1.82, 2.24) is 14.4 Å². The smallest absolute Gasteiger partial charge is 0.262 e. The Bertz CT molecular complexity index is 752. The Labute approximate surface area is 91.6 Å². The van der Waals surface area contributed by atoms with Gasteiger partial charge in [0.25, 0.3) is 5.56 Å². The summed E-state index contributed by atoms with van der Waals surface area (Å²) < 4.78 is 1.62. The van der Waals surface area contributed by atoms with Crippen molar-refractivity contribution in [3.8, 4) is 0 Å². The van der Waals surface area contributed by atoms with Gasteiger partial charge in [0, 0.05) is 11.3 Å². The zero-order valence-corrected chi connectivity index (χ0v) is 9.11. The molecule has 0 amide bonds. The van der Waals surface area contributed by atoms with E-state index in [4.69, 9.17) is 0 Å². The van der Waals surface area contributed by atoms with Crippen LogP contribution in [0.15, 0.2) is 29.1 Å². The third kappa shape index (κ3) is 1.04. The Hall–Kier alpha value is -2.10. The molecule has 0 aliphatic rings. The molecule has 4 heteroatoms. The minimum absolute atomic E-state index is 0.0000463. The Morgan fingerprint density at radius 2 is 2.00 bits per heavy atom. The first kappa shape index (κ1) is 9.15. The number of nitrogens with zero attached hydrogens (tertiary/aromatic N) is 2. The van der Waals surface area contributed by atoms with E-state index in [9.17, 15) is 4.79 Å². The minimum atomic E-state index is -0.0000463. The molecule has 0 aliphatic heterocycles. The molecule has 0 unspecified atom stereocenters. The highest BCUT2D eigenvalue weighted by Crippen LogP contribution is 2.13. The number of nitrogens with one attached hydrogen (secondary N) is 1. The number of rotatable bonds is 0. The van der Waals surface area contributed by atoms with Crippen LogP contribution in [0.25, 0.3) is 16.8 Å². The third-order valence-electron chi connectivity index (χ3n) is 2.95. The summed E-state index contributed by atoms with van der Waals surface area (Å²) in [6, 6.07) is 7.63. The van der Waals surface area contributed by atoms with E-state index in [2.05, 4.69) is 9.97 Å². The molecule has 0 atom stereocenters. The predicted octanol–water partition coefficient (Wildman–Crippen LogP) is 1.79. The number of fused-ring (bicyclic) bond motifs is 3. The molecule has 0 fully saturated rings. The number of imidazole rings is 1. The molecule has 2 heterocycles. The number of aromatic nitrogens is 3. The number of para-hydroxylation sites is 2.